The zero-order chi connectivity index (χ0) is 9.53. The van der Waals surface area contributed by atoms with Crippen LogP contribution in [0, 0.1) is 0 Å². The molecule has 2 nitrogen and oxygen atoms in total. The lowest BCUT2D eigenvalue weighted by Gasteiger charge is -2.36. The second-order valence-electron chi connectivity index (χ2n) is 4.31. The summed E-state index contributed by atoms with van der Waals surface area (Å²) in [6.07, 6.45) is 1.60. The van der Waals surface area contributed by atoms with Crippen LogP contribution in [0.15, 0.2) is 0 Å². The molecule has 0 aromatic rings. The van der Waals surface area contributed by atoms with Crippen molar-refractivity contribution in [3.8, 4) is 0 Å². The summed E-state index contributed by atoms with van der Waals surface area (Å²) in [5, 5.41) is 0. The van der Waals surface area contributed by atoms with Gasteiger partial charge in [0.25, 0.3) is 0 Å². The van der Waals surface area contributed by atoms with Crippen molar-refractivity contribution >= 4 is 0 Å². The number of alkyl halides is 2. The van der Waals surface area contributed by atoms with Gasteiger partial charge in [0.1, 0.15) is 0 Å². The van der Waals surface area contributed by atoms with Crippen molar-refractivity contribution in [3.05, 3.63) is 0 Å². The number of hydrogen-bond acceptors (Lipinski definition) is 2. The fourth-order valence-electron chi connectivity index (χ4n) is 2.30. The minimum absolute atomic E-state index is 0.0419. The van der Waals surface area contributed by atoms with Crippen LogP contribution in [0.25, 0.3) is 0 Å². The summed E-state index contributed by atoms with van der Waals surface area (Å²) in [6, 6.07) is 0.0479. The largest absolute Gasteiger partial charge is 0.373 e. The molecule has 0 aromatic carbocycles. The van der Waals surface area contributed by atoms with Crippen molar-refractivity contribution in [2.24, 2.45) is 5.73 Å². The molecule has 1 aliphatic heterocycles. The first-order chi connectivity index (χ1) is 6.02. The molecule has 1 aliphatic carbocycles. The van der Waals surface area contributed by atoms with Gasteiger partial charge in [-0.1, -0.05) is 0 Å². The highest BCUT2D eigenvalue weighted by Gasteiger charge is 2.47. The highest BCUT2D eigenvalue weighted by Crippen LogP contribution is 2.44. The molecular formula is C9H15F2NO. The van der Waals surface area contributed by atoms with Crippen LogP contribution in [0.2, 0.25) is 0 Å². The van der Waals surface area contributed by atoms with E-state index in [9.17, 15) is 8.78 Å². The van der Waals surface area contributed by atoms with Gasteiger partial charge in [0.15, 0.2) is 0 Å². The van der Waals surface area contributed by atoms with E-state index >= 15 is 0 Å². The van der Waals surface area contributed by atoms with Crippen LogP contribution in [0.4, 0.5) is 8.78 Å². The van der Waals surface area contributed by atoms with Gasteiger partial charge in [0, 0.05) is 18.9 Å². The quantitative estimate of drug-likeness (QED) is 0.632. The molecule has 1 saturated heterocycles. The van der Waals surface area contributed by atoms with Gasteiger partial charge in [-0.2, -0.15) is 0 Å². The number of ether oxygens (including phenoxy) is 1. The van der Waals surface area contributed by atoms with E-state index in [-0.39, 0.29) is 24.5 Å². The zero-order valence-electron chi connectivity index (χ0n) is 7.56. The van der Waals surface area contributed by atoms with Gasteiger partial charge in [0.2, 0.25) is 5.92 Å². The van der Waals surface area contributed by atoms with Crippen molar-refractivity contribution in [3.63, 3.8) is 0 Å². The molecule has 2 N–H and O–H groups in total. The van der Waals surface area contributed by atoms with Gasteiger partial charge in [-0.25, -0.2) is 8.78 Å². The second-order valence-corrected chi connectivity index (χ2v) is 4.31. The SMILES string of the molecule is NC1COC2(CCC(F)(F)CC2)C1. The van der Waals surface area contributed by atoms with E-state index in [2.05, 4.69) is 0 Å². The van der Waals surface area contributed by atoms with Crippen LogP contribution in [0.1, 0.15) is 32.1 Å². The average Bonchev–Trinajstić information content (AvgIpc) is 2.41. The first kappa shape index (κ1) is 9.34. The molecule has 0 radical (unpaired) electrons. The molecule has 0 amide bonds. The Morgan fingerprint density at radius 1 is 1.15 bits per heavy atom. The lowest BCUT2D eigenvalue weighted by Crippen LogP contribution is -2.38. The molecule has 2 aliphatic rings. The molecule has 1 heterocycles. The van der Waals surface area contributed by atoms with E-state index in [0.29, 0.717) is 19.4 Å². The number of hydrogen-bond donors (Lipinski definition) is 1. The van der Waals surface area contributed by atoms with Gasteiger partial charge < -0.3 is 10.5 Å². The number of rotatable bonds is 0. The van der Waals surface area contributed by atoms with E-state index in [4.69, 9.17) is 10.5 Å². The van der Waals surface area contributed by atoms with Crippen molar-refractivity contribution in [2.75, 3.05) is 6.61 Å². The summed E-state index contributed by atoms with van der Waals surface area (Å²) in [6.45, 7) is 0.533. The van der Waals surface area contributed by atoms with Gasteiger partial charge in [0.05, 0.1) is 12.2 Å². The third-order valence-corrected chi connectivity index (χ3v) is 3.13. The number of nitrogens with two attached hydrogens (primary N) is 1. The fraction of sp³-hybridized carbons (Fsp3) is 1.00. The Morgan fingerprint density at radius 3 is 2.23 bits per heavy atom. The highest BCUT2D eigenvalue weighted by molar-refractivity contribution is 4.96. The van der Waals surface area contributed by atoms with Crippen molar-refractivity contribution in [2.45, 2.75) is 49.7 Å². The van der Waals surface area contributed by atoms with E-state index < -0.39 is 5.92 Å². The molecule has 1 saturated carbocycles. The van der Waals surface area contributed by atoms with Gasteiger partial charge in [-0.15, -0.1) is 0 Å². The molecule has 13 heavy (non-hydrogen) atoms. The van der Waals surface area contributed by atoms with E-state index in [0.717, 1.165) is 6.42 Å². The van der Waals surface area contributed by atoms with Crippen LogP contribution in [0.3, 0.4) is 0 Å². The maximum Gasteiger partial charge on any atom is 0.248 e. The smallest absolute Gasteiger partial charge is 0.248 e. The Hall–Kier alpha value is -0.220. The predicted molar refractivity (Wildman–Crippen MR) is 44.7 cm³/mol. The monoisotopic (exact) mass is 191 g/mol. The normalized spacial score (nSPS) is 36.7. The minimum atomic E-state index is -2.47. The maximum atomic E-state index is 12.9. The van der Waals surface area contributed by atoms with Crippen molar-refractivity contribution in [1.29, 1.82) is 0 Å². The summed E-state index contributed by atoms with van der Waals surface area (Å²) >= 11 is 0. The van der Waals surface area contributed by atoms with E-state index in [1.165, 1.54) is 0 Å². The average molecular weight is 191 g/mol. The lowest BCUT2D eigenvalue weighted by atomic mass is 9.80. The van der Waals surface area contributed by atoms with Crippen LogP contribution in [-0.4, -0.2) is 24.2 Å². The summed E-state index contributed by atoms with van der Waals surface area (Å²) in [4.78, 5) is 0. The molecule has 4 heteroatoms. The topological polar surface area (TPSA) is 35.2 Å². The van der Waals surface area contributed by atoms with Crippen molar-refractivity contribution < 1.29 is 13.5 Å². The first-order valence-electron chi connectivity index (χ1n) is 4.79. The van der Waals surface area contributed by atoms with Crippen LogP contribution in [0.5, 0.6) is 0 Å². The molecule has 0 aromatic heterocycles. The molecular weight excluding hydrogens is 176 g/mol. The van der Waals surface area contributed by atoms with Gasteiger partial charge in [-0.05, 0) is 19.3 Å². The fourth-order valence-corrected chi connectivity index (χ4v) is 2.30. The lowest BCUT2D eigenvalue weighted by molar-refractivity contribution is -0.110. The van der Waals surface area contributed by atoms with Gasteiger partial charge in [-0.3, -0.25) is 0 Å². The predicted octanol–water partition coefficient (Wildman–Crippen LogP) is 1.68. The Bertz CT molecular complexity index is 198. The summed E-state index contributed by atoms with van der Waals surface area (Å²) < 4.78 is 31.2. The van der Waals surface area contributed by atoms with E-state index in [1.807, 2.05) is 0 Å². The molecule has 0 bridgehead atoms. The summed E-state index contributed by atoms with van der Waals surface area (Å²) in [5.74, 6) is -2.47. The molecule has 1 spiro atoms. The highest BCUT2D eigenvalue weighted by atomic mass is 19.3. The Kier molecular flexibility index (Phi) is 2.07. The summed E-state index contributed by atoms with van der Waals surface area (Å²) in [5.41, 5.74) is 5.39. The number of halogens is 2. The standard InChI is InChI=1S/C9H15F2NO/c10-9(11)3-1-8(2-4-9)5-7(12)6-13-8/h7H,1-6,12H2. The zero-order valence-corrected chi connectivity index (χ0v) is 7.56. The molecule has 2 fully saturated rings. The summed E-state index contributed by atoms with van der Waals surface area (Å²) in [7, 11) is 0. The third kappa shape index (κ3) is 1.83. The first-order valence-corrected chi connectivity index (χ1v) is 4.79. The van der Waals surface area contributed by atoms with Crippen molar-refractivity contribution in [1.82, 2.24) is 0 Å². The van der Waals surface area contributed by atoms with Crippen LogP contribution >= 0.6 is 0 Å². The third-order valence-electron chi connectivity index (χ3n) is 3.13. The Balaban J connectivity index is 1.97. The van der Waals surface area contributed by atoms with Gasteiger partial charge >= 0.3 is 0 Å². The van der Waals surface area contributed by atoms with E-state index in [1.54, 1.807) is 0 Å². The minimum Gasteiger partial charge on any atom is -0.373 e. The van der Waals surface area contributed by atoms with Crippen LogP contribution in [-0.2, 0) is 4.74 Å². The van der Waals surface area contributed by atoms with Crippen LogP contribution < -0.4 is 5.73 Å². The molecule has 2 rings (SSSR count). The maximum absolute atomic E-state index is 12.9. The molecule has 1 atom stereocenters. The Morgan fingerprint density at radius 2 is 1.77 bits per heavy atom. The molecule has 76 valence electrons. The second kappa shape index (κ2) is 2.89. The molecule has 1 unspecified atom stereocenters. The Labute approximate surface area is 76.4 Å².